The standard InChI is InChI=1S/C36H38FN7O2/c1-3-21-6-4-7-22-14-25(45)15-26(30(21)22)32-31(37)33-27(17-38-32)34(43-18-23-8-9-24(19-43)39-23)41-35(40-33)46-20-36-11-5-12-44(36)28-10-13-42(2)29(28)16-36/h1,4,6-7,14-15,17,23-24,28-29,39,45H,5,8-13,16,18-20H2,2H3. The molecule has 0 aliphatic carbocycles. The van der Waals surface area contributed by atoms with E-state index < -0.39 is 5.82 Å². The number of nitrogens with one attached hydrogen (secondary N) is 1. The number of aromatic nitrogens is 3. The van der Waals surface area contributed by atoms with Gasteiger partial charge < -0.3 is 25.0 Å². The van der Waals surface area contributed by atoms with Crippen molar-refractivity contribution in [2.24, 2.45) is 0 Å². The molecule has 2 N–H and O–H groups in total. The topological polar surface area (TPSA) is 89.9 Å². The van der Waals surface area contributed by atoms with Crippen molar-refractivity contribution in [3.63, 3.8) is 0 Å². The zero-order valence-corrected chi connectivity index (χ0v) is 26.0. The van der Waals surface area contributed by atoms with Crippen LogP contribution in [0, 0.1) is 18.2 Å². The Labute approximate surface area is 267 Å². The van der Waals surface area contributed by atoms with Crippen molar-refractivity contribution < 1.29 is 14.2 Å². The number of hydrogen-bond donors (Lipinski definition) is 2. The Morgan fingerprint density at radius 2 is 1.98 bits per heavy atom. The van der Waals surface area contributed by atoms with Gasteiger partial charge in [-0.05, 0) is 82.2 Å². The van der Waals surface area contributed by atoms with Crippen LogP contribution in [0.3, 0.4) is 0 Å². The molecular formula is C36H38FN7O2. The summed E-state index contributed by atoms with van der Waals surface area (Å²) in [5.74, 6) is 2.80. The summed E-state index contributed by atoms with van der Waals surface area (Å²) in [5.41, 5.74) is 1.22. The molecule has 0 radical (unpaired) electrons. The number of piperazine rings is 1. The molecule has 2 aromatic carbocycles. The lowest BCUT2D eigenvalue weighted by Crippen LogP contribution is -2.51. The first-order valence-electron chi connectivity index (χ1n) is 16.6. The van der Waals surface area contributed by atoms with Gasteiger partial charge in [0.15, 0.2) is 5.82 Å². The van der Waals surface area contributed by atoms with Crippen LogP contribution < -0.4 is 15.0 Å². The summed E-state index contributed by atoms with van der Waals surface area (Å²) < 4.78 is 23.5. The fourth-order valence-corrected chi connectivity index (χ4v) is 9.35. The quantitative estimate of drug-likeness (QED) is 0.318. The number of pyridine rings is 1. The van der Waals surface area contributed by atoms with Crippen LogP contribution in [0.25, 0.3) is 32.9 Å². The second-order valence-electron chi connectivity index (χ2n) is 14.0. The summed E-state index contributed by atoms with van der Waals surface area (Å²) in [7, 11) is 2.23. The van der Waals surface area contributed by atoms with E-state index in [1.54, 1.807) is 12.3 Å². The maximum absolute atomic E-state index is 16.9. The highest BCUT2D eigenvalue weighted by atomic mass is 19.1. The van der Waals surface area contributed by atoms with Gasteiger partial charge in [-0.25, -0.2) is 4.39 Å². The van der Waals surface area contributed by atoms with Crippen molar-refractivity contribution in [2.45, 2.75) is 68.2 Å². The molecule has 5 atom stereocenters. The van der Waals surface area contributed by atoms with Crippen LogP contribution in [0.1, 0.15) is 44.1 Å². The van der Waals surface area contributed by atoms with Gasteiger partial charge in [-0.1, -0.05) is 18.1 Å². The Morgan fingerprint density at radius 1 is 1.13 bits per heavy atom. The van der Waals surface area contributed by atoms with Crippen molar-refractivity contribution in [1.82, 2.24) is 30.1 Å². The van der Waals surface area contributed by atoms with Crippen molar-refractivity contribution in [3.05, 3.63) is 47.9 Å². The molecule has 0 saturated carbocycles. The van der Waals surface area contributed by atoms with Crippen LogP contribution in [-0.4, -0.2) is 99.4 Å². The first-order chi connectivity index (χ1) is 22.4. The normalized spacial score (nSPS) is 29.0. The smallest absolute Gasteiger partial charge is 0.319 e. The summed E-state index contributed by atoms with van der Waals surface area (Å²) >= 11 is 0. The van der Waals surface area contributed by atoms with Gasteiger partial charge in [-0.2, -0.15) is 9.97 Å². The number of ether oxygens (including phenoxy) is 1. The molecule has 2 aromatic heterocycles. The third-order valence-electron chi connectivity index (χ3n) is 11.4. The average Bonchev–Trinajstić information content (AvgIpc) is 3.80. The molecule has 5 aliphatic heterocycles. The number of anilines is 1. The van der Waals surface area contributed by atoms with Gasteiger partial charge in [0.05, 0.1) is 10.9 Å². The molecule has 7 heterocycles. The van der Waals surface area contributed by atoms with Gasteiger partial charge in [-0.3, -0.25) is 9.88 Å². The minimum Gasteiger partial charge on any atom is -0.508 e. The second kappa shape index (κ2) is 10.5. The van der Waals surface area contributed by atoms with E-state index in [9.17, 15) is 5.11 Å². The number of terminal acetylenes is 1. The third kappa shape index (κ3) is 4.29. The molecule has 5 saturated heterocycles. The third-order valence-corrected chi connectivity index (χ3v) is 11.4. The second-order valence-corrected chi connectivity index (χ2v) is 14.0. The predicted octanol–water partition coefficient (Wildman–Crippen LogP) is 4.30. The fraction of sp³-hybridized carbons (Fsp3) is 0.472. The maximum Gasteiger partial charge on any atom is 0.319 e. The number of fused-ring (bicyclic) bond motifs is 7. The Balaban J connectivity index is 1.16. The van der Waals surface area contributed by atoms with Crippen molar-refractivity contribution >= 4 is 27.5 Å². The average molecular weight is 620 g/mol. The van der Waals surface area contributed by atoms with E-state index in [0.717, 1.165) is 58.3 Å². The lowest BCUT2D eigenvalue weighted by Gasteiger charge is -2.35. The molecule has 4 aromatic rings. The largest absolute Gasteiger partial charge is 0.508 e. The number of phenols is 1. The van der Waals surface area contributed by atoms with Gasteiger partial charge in [-0.15, -0.1) is 6.42 Å². The molecule has 236 valence electrons. The number of aromatic hydroxyl groups is 1. The van der Waals surface area contributed by atoms with Crippen LogP contribution in [0.4, 0.5) is 10.2 Å². The van der Waals surface area contributed by atoms with Crippen LogP contribution in [0.2, 0.25) is 0 Å². The van der Waals surface area contributed by atoms with Gasteiger partial charge in [0.1, 0.15) is 29.4 Å². The molecule has 0 amide bonds. The predicted molar refractivity (Wildman–Crippen MR) is 176 cm³/mol. The molecule has 10 heteroatoms. The SMILES string of the molecule is C#Cc1cccc2cc(O)cc(-c3ncc4c(N5CC6CCC(C5)N6)nc(OCC56CCCN5C5CCN(C)C5C6)nc4c3F)c12. The van der Waals surface area contributed by atoms with Gasteiger partial charge in [0.25, 0.3) is 0 Å². The van der Waals surface area contributed by atoms with E-state index in [1.807, 2.05) is 18.2 Å². The van der Waals surface area contributed by atoms with Crippen LogP contribution in [0.15, 0.2) is 36.5 Å². The Kier molecular flexibility index (Phi) is 6.43. The molecule has 9 nitrogen and oxygen atoms in total. The first kappa shape index (κ1) is 28.2. The number of likely N-dealkylation sites (tertiary alicyclic amines) is 1. The van der Waals surface area contributed by atoms with Crippen LogP contribution >= 0.6 is 0 Å². The Hall–Kier alpha value is -4.04. The summed E-state index contributed by atoms with van der Waals surface area (Å²) in [4.78, 5) is 21.8. The molecule has 0 spiro atoms. The van der Waals surface area contributed by atoms with E-state index >= 15 is 4.39 Å². The van der Waals surface area contributed by atoms with Crippen LogP contribution in [0.5, 0.6) is 11.8 Å². The molecule has 5 unspecified atom stereocenters. The minimum atomic E-state index is -0.583. The van der Waals surface area contributed by atoms with E-state index in [-0.39, 0.29) is 28.5 Å². The molecule has 2 bridgehead atoms. The highest BCUT2D eigenvalue weighted by molar-refractivity contribution is 6.02. The summed E-state index contributed by atoms with van der Waals surface area (Å²) in [6, 6.07) is 10.7. The van der Waals surface area contributed by atoms with E-state index in [4.69, 9.17) is 21.1 Å². The number of nitrogens with zero attached hydrogens (tertiary/aromatic N) is 6. The fourth-order valence-electron chi connectivity index (χ4n) is 9.35. The van der Waals surface area contributed by atoms with Crippen molar-refractivity contribution in [1.29, 1.82) is 0 Å². The number of halogens is 1. The molecule has 9 rings (SSSR count). The maximum atomic E-state index is 16.9. The molecule has 5 fully saturated rings. The van der Waals surface area contributed by atoms with E-state index in [0.29, 0.717) is 63.9 Å². The zero-order chi connectivity index (χ0) is 31.2. The summed E-state index contributed by atoms with van der Waals surface area (Å²) in [6.07, 6.45) is 14.2. The number of benzene rings is 2. The van der Waals surface area contributed by atoms with Crippen LogP contribution in [-0.2, 0) is 0 Å². The van der Waals surface area contributed by atoms with Crippen molar-refractivity contribution in [3.8, 4) is 35.4 Å². The van der Waals surface area contributed by atoms with Crippen molar-refractivity contribution in [2.75, 3.05) is 44.7 Å². The van der Waals surface area contributed by atoms with Gasteiger partial charge >= 0.3 is 6.01 Å². The highest BCUT2D eigenvalue weighted by Crippen LogP contribution is 2.47. The number of hydrogen-bond acceptors (Lipinski definition) is 9. The summed E-state index contributed by atoms with van der Waals surface area (Å²) in [6.45, 7) is 4.27. The number of rotatable bonds is 5. The van der Waals surface area contributed by atoms with Gasteiger partial charge in [0.2, 0.25) is 0 Å². The molecule has 46 heavy (non-hydrogen) atoms. The number of phenolic OH excluding ortho intramolecular Hbond substituents is 1. The van der Waals surface area contributed by atoms with E-state index in [2.05, 4.69) is 38.0 Å². The highest BCUT2D eigenvalue weighted by Gasteiger charge is 2.57. The van der Waals surface area contributed by atoms with Gasteiger partial charge in [0, 0.05) is 60.0 Å². The molecule has 5 aliphatic rings. The zero-order valence-electron chi connectivity index (χ0n) is 26.0. The minimum absolute atomic E-state index is 0.00834. The van der Waals surface area contributed by atoms with E-state index in [1.165, 1.54) is 12.5 Å². The Morgan fingerprint density at radius 3 is 2.80 bits per heavy atom. The summed E-state index contributed by atoms with van der Waals surface area (Å²) in [5, 5.41) is 16.2. The monoisotopic (exact) mass is 619 g/mol. The lowest BCUT2D eigenvalue weighted by atomic mass is 9.93. The first-order valence-corrected chi connectivity index (χ1v) is 16.6. The lowest BCUT2D eigenvalue weighted by molar-refractivity contribution is 0.0836. The number of likely N-dealkylation sites (N-methyl/N-ethyl adjacent to an activating group) is 1. The molecular weight excluding hydrogens is 581 g/mol. The Bertz CT molecular complexity index is 1920.